The Labute approximate surface area is 145 Å². The van der Waals surface area contributed by atoms with E-state index in [1.807, 2.05) is 0 Å². The number of ether oxygens (including phenoxy) is 2. The second-order valence-electron chi connectivity index (χ2n) is 6.98. The molecule has 1 N–H and O–H groups in total. The largest absolute Gasteiger partial charge is 0.493 e. The number of methoxy groups -OCH3 is 2. The van der Waals surface area contributed by atoms with Crippen molar-refractivity contribution < 1.29 is 14.4 Å². The first kappa shape index (κ1) is 16.8. The Morgan fingerprint density at radius 1 is 0.958 bits per heavy atom. The summed E-state index contributed by atoms with van der Waals surface area (Å²) < 4.78 is 10.9. The lowest BCUT2D eigenvalue weighted by molar-refractivity contribution is -0.929. The predicted octanol–water partition coefficient (Wildman–Crippen LogP) is 2.97. The molecule has 0 spiro atoms. The molecule has 1 heterocycles. The molecule has 1 unspecified atom stereocenters. The van der Waals surface area contributed by atoms with Crippen LogP contribution in [0.15, 0.2) is 36.4 Å². The van der Waals surface area contributed by atoms with Crippen LogP contribution in [0, 0.1) is 0 Å². The summed E-state index contributed by atoms with van der Waals surface area (Å²) in [6.07, 6.45) is 1.09. The quantitative estimate of drug-likeness (QED) is 0.913. The second kappa shape index (κ2) is 7.27. The molecule has 2 aromatic carbocycles. The number of benzene rings is 2. The normalized spacial score (nSPS) is 16.8. The zero-order valence-corrected chi connectivity index (χ0v) is 15.2. The number of hydrogen-bond acceptors (Lipinski definition) is 2. The Kier molecular flexibility index (Phi) is 5.10. The van der Waals surface area contributed by atoms with Gasteiger partial charge in [-0.3, -0.25) is 0 Å². The van der Waals surface area contributed by atoms with Gasteiger partial charge in [-0.2, -0.15) is 0 Å². The van der Waals surface area contributed by atoms with Crippen molar-refractivity contribution in [3.8, 4) is 11.5 Å². The summed E-state index contributed by atoms with van der Waals surface area (Å²) in [6, 6.07) is 13.4. The van der Waals surface area contributed by atoms with Crippen LogP contribution in [0.4, 0.5) is 0 Å². The maximum absolute atomic E-state index is 5.46. The summed E-state index contributed by atoms with van der Waals surface area (Å²) in [5.74, 6) is 2.26. The number of quaternary nitrogens is 1. The van der Waals surface area contributed by atoms with E-state index in [0.29, 0.717) is 5.92 Å². The first-order valence-electron chi connectivity index (χ1n) is 8.77. The van der Waals surface area contributed by atoms with Gasteiger partial charge in [-0.05, 0) is 29.2 Å². The summed E-state index contributed by atoms with van der Waals surface area (Å²) in [5, 5.41) is 0. The van der Waals surface area contributed by atoms with Gasteiger partial charge in [0.05, 0.1) is 20.8 Å². The Hall–Kier alpha value is -2.00. The lowest BCUT2D eigenvalue weighted by Crippen LogP contribution is -3.10. The van der Waals surface area contributed by atoms with Crippen LogP contribution in [-0.4, -0.2) is 20.8 Å². The first-order chi connectivity index (χ1) is 11.6. The van der Waals surface area contributed by atoms with Crippen LogP contribution in [-0.2, 0) is 19.5 Å². The number of hydrogen-bond donors (Lipinski definition) is 1. The molecular weight excluding hydrogens is 298 g/mol. The Morgan fingerprint density at radius 3 is 2.17 bits per heavy atom. The third kappa shape index (κ3) is 3.57. The highest BCUT2D eigenvalue weighted by molar-refractivity contribution is 5.47. The zero-order chi connectivity index (χ0) is 17.1. The highest BCUT2D eigenvalue weighted by atomic mass is 16.5. The highest BCUT2D eigenvalue weighted by Gasteiger charge is 2.22. The molecule has 0 aromatic heterocycles. The summed E-state index contributed by atoms with van der Waals surface area (Å²) in [7, 11) is 3.40. The molecular formula is C21H28NO2+. The molecule has 0 saturated heterocycles. The van der Waals surface area contributed by atoms with Crippen LogP contribution in [0.2, 0.25) is 0 Å². The van der Waals surface area contributed by atoms with Crippen LogP contribution in [0.1, 0.15) is 42.0 Å². The minimum absolute atomic E-state index is 0.593. The standard InChI is InChI=1S/C21H27NO2/c1-15(2)17-7-5-16(6-8-17)13-22-10-9-18-11-20(23-3)21(24-4)12-19(18)14-22/h5-8,11-12,15H,9-10,13-14H2,1-4H3/p+1. The van der Waals surface area contributed by atoms with Gasteiger partial charge < -0.3 is 14.4 Å². The minimum Gasteiger partial charge on any atom is -0.493 e. The number of fused-ring (bicyclic) bond motifs is 1. The van der Waals surface area contributed by atoms with Gasteiger partial charge in [-0.1, -0.05) is 38.1 Å². The molecule has 128 valence electrons. The molecule has 1 aliphatic rings. The van der Waals surface area contributed by atoms with Gasteiger partial charge in [-0.25, -0.2) is 0 Å². The molecule has 0 radical (unpaired) electrons. The fraction of sp³-hybridized carbons (Fsp3) is 0.429. The van der Waals surface area contributed by atoms with Crippen LogP contribution < -0.4 is 14.4 Å². The fourth-order valence-corrected chi connectivity index (χ4v) is 3.49. The molecule has 0 fully saturated rings. The van der Waals surface area contributed by atoms with Gasteiger partial charge in [0.25, 0.3) is 0 Å². The summed E-state index contributed by atoms with van der Waals surface area (Å²) >= 11 is 0. The predicted molar refractivity (Wildman–Crippen MR) is 97.0 cm³/mol. The van der Waals surface area contributed by atoms with Gasteiger partial charge in [0.2, 0.25) is 0 Å². The molecule has 2 aromatic rings. The van der Waals surface area contributed by atoms with Crippen molar-refractivity contribution in [3.63, 3.8) is 0 Å². The third-order valence-electron chi connectivity index (χ3n) is 4.99. The van der Waals surface area contributed by atoms with Crippen molar-refractivity contribution in [1.29, 1.82) is 0 Å². The molecule has 0 amide bonds. The van der Waals surface area contributed by atoms with Crippen molar-refractivity contribution in [2.24, 2.45) is 0 Å². The van der Waals surface area contributed by atoms with E-state index in [1.165, 1.54) is 22.3 Å². The molecule has 3 heteroatoms. The van der Waals surface area contributed by atoms with E-state index >= 15 is 0 Å². The lowest BCUT2D eigenvalue weighted by Gasteiger charge is -2.27. The topological polar surface area (TPSA) is 22.9 Å². The van der Waals surface area contributed by atoms with Crippen molar-refractivity contribution >= 4 is 0 Å². The second-order valence-corrected chi connectivity index (χ2v) is 6.98. The summed E-state index contributed by atoms with van der Waals surface area (Å²) in [4.78, 5) is 1.60. The van der Waals surface area contributed by atoms with Gasteiger partial charge in [0.15, 0.2) is 11.5 Å². The number of rotatable bonds is 5. The van der Waals surface area contributed by atoms with Crippen LogP contribution in [0.5, 0.6) is 11.5 Å². The van der Waals surface area contributed by atoms with E-state index in [2.05, 4.69) is 50.2 Å². The van der Waals surface area contributed by atoms with Crippen molar-refractivity contribution in [2.75, 3.05) is 20.8 Å². The molecule has 1 aliphatic heterocycles. The van der Waals surface area contributed by atoms with Crippen molar-refractivity contribution in [2.45, 2.75) is 39.3 Å². The Balaban J connectivity index is 1.72. The smallest absolute Gasteiger partial charge is 0.161 e. The average Bonchev–Trinajstić information content (AvgIpc) is 2.60. The van der Waals surface area contributed by atoms with Crippen molar-refractivity contribution in [3.05, 3.63) is 58.7 Å². The van der Waals surface area contributed by atoms with E-state index in [4.69, 9.17) is 9.47 Å². The van der Waals surface area contributed by atoms with E-state index in [9.17, 15) is 0 Å². The molecule has 3 nitrogen and oxygen atoms in total. The van der Waals surface area contributed by atoms with E-state index in [1.54, 1.807) is 19.1 Å². The van der Waals surface area contributed by atoms with Gasteiger partial charge in [-0.15, -0.1) is 0 Å². The van der Waals surface area contributed by atoms with E-state index in [0.717, 1.165) is 37.6 Å². The Bertz CT molecular complexity index is 692. The maximum Gasteiger partial charge on any atom is 0.161 e. The number of nitrogens with one attached hydrogen (secondary N) is 1. The molecule has 0 aliphatic carbocycles. The Morgan fingerprint density at radius 2 is 1.58 bits per heavy atom. The van der Waals surface area contributed by atoms with Gasteiger partial charge >= 0.3 is 0 Å². The molecule has 0 bridgehead atoms. The van der Waals surface area contributed by atoms with Crippen molar-refractivity contribution in [1.82, 2.24) is 0 Å². The van der Waals surface area contributed by atoms with E-state index in [-0.39, 0.29) is 0 Å². The maximum atomic E-state index is 5.46. The SMILES string of the molecule is COc1cc2c(cc1OC)C[NH+](Cc1ccc(C(C)C)cc1)CC2. The van der Waals surface area contributed by atoms with Crippen LogP contribution in [0.3, 0.4) is 0 Å². The first-order valence-corrected chi connectivity index (χ1v) is 8.77. The molecule has 24 heavy (non-hydrogen) atoms. The summed E-state index contributed by atoms with van der Waals surface area (Å²) in [6.45, 7) is 7.76. The monoisotopic (exact) mass is 326 g/mol. The average molecular weight is 326 g/mol. The van der Waals surface area contributed by atoms with E-state index < -0.39 is 0 Å². The molecule has 3 rings (SSSR count). The van der Waals surface area contributed by atoms with Gasteiger partial charge in [0.1, 0.15) is 13.1 Å². The third-order valence-corrected chi connectivity index (χ3v) is 4.99. The van der Waals surface area contributed by atoms with Crippen LogP contribution in [0.25, 0.3) is 0 Å². The molecule has 0 saturated carbocycles. The van der Waals surface area contributed by atoms with Gasteiger partial charge in [0, 0.05) is 17.5 Å². The zero-order valence-electron chi connectivity index (χ0n) is 15.2. The lowest BCUT2D eigenvalue weighted by atomic mass is 9.97. The highest BCUT2D eigenvalue weighted by Crippen LogP contribution is 2.31. The fourth-order valence-electron chi connectivity index (χ4n) is 3.49. The molecule has 1 atom stereocenters. The van der Waals surface area contributed by atoms with Crippen LogP contribution >= 0.6 is 0 Å². The summed E-state index contributed by atoms with van der Waals surface area (Å²) in [5.41, 5.74) is 5.60. The minimum atomic E-state index is 0.593.